The van der Waals surface area contributed by atoms with Crippen molar-refractivity contribution in [2.24, 2.45) is 5.41 Å². The average Bonchev–Trinajstić information content (AvgIpc) is 2.14. The molecular formula is C13H21NO3S. The van der Waals surface area contributed by atoms with Gasteiger partial charge in [-0.15, -0.1) is 0 Å². The number of hydrogen-bond acceptors (Lipinski definition) is 3. The van der Waals surface area contributed by atoms with Crippen LogP contribution in [0.5, 0.6) is 0 Å². The molecule has 0 aliphatic rings. The number of hydrogen-bond donors (Lipinski definition) is 2. The van der Waals surface area contributed by atoms with Gasteiger partial charge in [0.15, 0.2) is 0 Å². The summed E-state index contributed by atoms with van der Waals surface area (Å²) >= 11 is 0. The van der Waals surface area contributed by atoms with Gasteiger partial charge in [-0.05, 0) is 16.5 Å². The zero-order valence-corrected chi connectivity index (χ0v) is 11.9. The molecule has 0 amide bonds. The van der Waals surface area contributed by atoms with Gasteiger partial charge in [-0.2, -0.15) is 8.42 Å². The zero-order valence-electron chi connectivity index (χ0n) is 11.1. The lowest BCUT2D eigenvalue weighted by Gasteiger charge is -2.28. The molecule has 0 bridgehead atoms. The van der Waals surface area contributed by atoms with Crippen LogP contribution < -0.4 is 6.15 Å². The summed E-state index contributed by atoms with van der Waals surface area (Å²) in [6.07, 6.45) is 1.68. The van der Waals surface area contributed by atoms with E-state index in [4.69, 9.17) is 0 Å². The van der Waals surface area contributed by atoms with E-state index in [1.807, 2.05) is 0 Å². The molecule has 1 unspecified atom stereocenters. The molecule has 4 nitrogen and oxygen atoms in total. The smallest absolute Gasteiger partial charge is 0.272 e. The summed E-state index contributed by atoms with van der Waals surface area (Å²) in [7, 11) is -4.12. The molecule has 4 N–H and O–H groups in total. The van der Waals surface area contributed by atoms with Crippen molar-refractivity contribution in [2.75, 3.05) is 0 Å². The number of benzene rings is 1. The van der Waals surface area contributed by atoms with Crippen molar-refractivity contribution in [3.05, 3.63) is 42.0 Å². The highest BCUT2D eigenvalue weighted by atomic mass is 32.2. The van der Waals surface area contributed by atoms with Crippen molar-refractivity contribution < 1.29 is 13.0 Å². The first-order valence-corrected chi connectivity index (χ1v) is 6.85. The molecule has 1 aromatic carbocycles. The van der Waals surface area contributed by atoms with E-state index < -0.39 is 20.8 Å². The Kier molecular flexibility index (Phi) is 5.28. The fourth-order valence-electron chi connectivity index (χ4n) is 1.93. The maximum atomic E-state index is 11.5. The van der Waals surface area contributed by atoms with Crippen molar-refractivity contribution in [3.63, 3.8) is 0 Å². The van der Waals surface area contributed by atoms with Gasteiger partial charge >= 0.3 is 0 Å². The van der Waals surface area contributed by atoms with Gasteiger partial charge < -0.3 is 6.15 Å². The monoisotopic (exact) mass is 271 g/mol. The summed E-state index contributed by atoms with van der Waals surface area (Å²) in [5.41, 5.74) is 0.936. The van der Waals surface area contributed by atoms with Gasteiger partial charge in [0.05, 0.1) is 0 Å². The van der Waals surface area contributed by atoms with Crippen LogP contribution in [0.4, 0.5) is 0 Å². The molecule has 0 saturated carbocycles. The number of rotatable bonds is 3. The Balaban J connectivity index is 0.00000289. The minimum atomic E-state index is -4.12. The topological polar surface area (TPSA) is 89.4 Å². The summed E-state index contributed by atoms with van der Waals surface area (Å²) in [5, 5.41) is -0.922. The standard InChI is InChI=1S/C13H18O3S.H3N/c1-5-10-6-8-11(9-7-10)12(13(2,3)4)17(14,15)16;/h5-9,12H,1H2,2-4H3,(H,14,15,16);1H3. The predicted molar refractivity (Wildman–Crippen MR) is 75.3 cm³/mol. The van der Waals surface area contributed by atoms with Gasteiger partial charge in [0.1, 0.15) is 5.25 Å². The van der Waals surface area contributed by atoms with E-state index >= 15 is 0 Å². The third-order valence-electron chi connectivity index (χ3n) is 2.56. The normalized spacial score (nSPS) is 13.6. The van der Waals surface area contributed by atoms with E-state index in [2.05, 4.69) is 6.58 Å². The van der Waals surface area contributed by atoms with Crippen LogP contribution in [0.3, 0.4) is 0 Å². The molecule has 1 aromatic rings. The third-order valence-corrected chi connectivity index (χ3v) is 4.13. The van der Waals surface area contributed by atoms with Crippen molar-refractivity contribution in [1.29, 1.82) is 0 Å². The lowest BCUT2D eigenvalue weighted by Crippen LogP contribution is -2.26. The first-order chi connectivity index (χ1) is 7.66. The van der Waals surface area contributed by atoms with Crippen LogP contribution in [-0.2, 0) is 10.1 Å². The molecule has 0 radical (unpaired) electrons. The Hall–Kier alpha value is -1.17. The Morgan fingerprint density at radius 1 is 1.22 bits per heavy atom. The summed E-state index contributed by atoms with van der Waals surface area (Å²) < 4.78 is 32.3. The lowest BCUT2D eigenvalue weighted by molar-refractivity contribution is 0.355. The van der Waals surface area contributed by atoms with Gasteiger partial charge in [0, 0.05) is 0 Å². The van der Waals surface area contributed by atoms with E-state index in [0.29, 0.717) is 5.56 Å². The minimum absolute atomic E-state index is 0. The van der Waals surface area contributed by atoms with Gasteiger partial charge in [0.2, 0.25) is 0 Å². The van der Waals surface area contributed by atoms with Crippen molar-refractivity contribution in [3.8, 4) is 0 Å². The van der Waals surface area contributed by atoms with Gasteiger partial charge in [-0.1, -0.05) is 57.7 Å². The molecular weight excluding hydrogens is 250 g/mol. The van der Waals surface area contributed by atoms with E-state index in [9.17, 15) is 13.0 Å². The Morgan fingerprint density at radius 3 is 1.94 bits per heavy atom. The molecule has 1 rings (SSSR count). The molecule has 0 saturated heterocycles. The Bertz CT molecular complexity index is 498. The van der Waals surface area contributed by atoms with E-state index in [-0.39, 0.29) is 6.15 Å². The maximum Gasteiger partial charge on any atom is 0.272 e. The molecule has 5 heteroatoms. The maximum absolute atomic E-state index is 11.5. The summed E-state index contributed by atoms with van der Waals surface area (Å²) in [5.74, 6) is 0. The molecule has 0 spiro atoms. The summed E-state index contributed by atoms with van der Waals surface area (Å²) in [4.78, 5) is 0. The minimum Gasteiger partial charge on any atom is -0.344 e. The van der Waals surface area contributed by atoms with Crippen LogP contribution >= 0.6 is 0 Å². The van der Waals surface area contributed by atoms with E-state index in [1.54, 1.807) is 51.1 Å². The second-order valence-corrected chi connectivity index (χ2v) is 6.63. The van der Waals surface area contributed by atoms with Crippen molar-refractivity contribution in [1.82, 2.24) is 6.15 Å². The summed E-state index contributed by atoms with van der Waals surface area (Å²) in [6.45, 7) is 8.99. The van der Waals surface area contributed by atoms with E-state index in [0.717, 1.165) is 5.56 Å². The largest absolute Gasteiger partial charge is 0.344 e. The molecule has 0 aliphatic heterocycles. The highest BCUT2D eigenvalue weighted by molar-refractivity contribution is 7.86. The van der Waals surface area contributed by atoms with Crippen LogP contribution in [0.1, 0.15) is 37.1 Å². The van der Waals surface area contributed by atoms with Crippen LogP contribution in [-0.4, -0.2) is 13.0 Å². The highest BCUT2D eigenvalue weighted by Crippen LogP contribution is 2.38. The predicted octanol–water partition coefficient (Wildman–Crippen LogP) is 3.47. The first kappa shape index (κ1) is 16.8. The average molecular weight is 271 g/mol. The molecule has 0 heterocycles. The van der Waals surface area contributed by atoms with Gasteiger partial charge in [-0.25, -0.2) is 0 Å². The van der Waals surface area contributed by atoms with Crippen LogP contribution in [0, 0.1) is 5.41 Å². The quantitative estimate of drug-likeness (QED) is 0.824. The Labute approximate surface area is 109 Å². The lowest BCUT2D eigenvalue weighted by atomic mass is 9.87. The second kappa shape index (κ2) is 5.65. The SMILES string of the molecule is C=Cc1ccc(C(C(C)(C)C)S(=O)(=O)O)cc1.N. The second-order valence-electron chi connectivity index (χ2n) is 5.13. The van der Waals surface area contributed by atoms with Gasteiger partial charge in [-0.3, -0.25) is 4.55 Å². The van der Waals surface area contributed by atoms with Gasteiger partial charge in [0.25, 0.3) is 10.1 Å². The fraction of sp³-hybridized carbons (Fsp3) is 0.385. The molecule has 0 fully saturated rings. The highest BCUT2D eigenvalue weighted by Gasteiger charge is 2.36. The summed E-state index contributed by atoms with van der Waals surface area (Å²) in [6, 6.07) is 6.99. The fourth-order valence-corrected chi connectivity index (χ4v) is 3.32. The molecule has 1 atom stereocenters. The van der Waals surface area contributed by atoms with Crippen LogP contribution in [0.25, 0.3) is 6.08 Å². The third kappa shape index (κ3) is 3.94. The molecule has 102 valence electrons. The van der Waals surface area contributed by atoms with Crippen LogP contribution in [0.15, 0.2) is 30.8 Å². The molecule has 0 aromatic heterocycles. The van der Waals surface area contributed by atoms with Crippen molar-refractivity contribution >= 4 is 16.2 Å². The van der Waals surface area contributed by atoms with Crippen LogP contribution in [0.2, 0.25) is 0 Å². The molecule has 0 aliphatic carbocycles. The first-order valence-electron chi connectivity index (χ1n) is 5.35. The molecule has 18 heavy (non-hydrogen) atoms. The van der Waals surface area contributed by atoms with Crippen molar-refractivity contribution in [2.45, 2.75) is 26.0 Å². The zero-order chi connectivity index (χ0) is 13.3. The van der Waals surface area contributed by atoms with E-state index in [1.165, 1.54) is 0 Å². The Morgan fingerprint density at radius 2 is 1.67 bits per heavy atom.